The van der Waals surface area contributed by atoms with Gasteiger partial charge in [0.2, 0.25) is 0 Å². The van der Waals surface area contributed by atoms with Crippen molar-refractivity contribution in [2.45, 2.75) is 25.4 Å². The number of ether oxygens (including phenoxy) is 2. The number of benzene rings is 1. The Morgan fingerprint density at radius 3 is 2.63 bits per heavy atom. The number of aliphatic hydroxyl groups is 1. The first-order valence-electron chi connectivity index (χ1n) is 9.80. The van der Waals surface area contributed by atoms with E-state index in [0.29, 0.717) is 0 Å². The first-order chi connectivity index (χ1) is 13.1. The van der Waals surface area contributed by atoms with Crippen molar-refractivity contribution in [1.29, 1.82) is 0 Å². The normalized spacial score (nSPS) is 20.8. The largest absolute Gasteiger partial charge is 0.494 e. The maximum atomic E-state index is 11.1. The van der Waals surface area contributed by atoms with Crippen molar-refractivity contribution in [2.75, 3.05) is 57.9 Å². The topological polar surface area (TPSA) is 58.1 Å². The maximum Gasteiger partial charge on any atom is 0.145 e. The minimum Gasteiger partial charge on any atom is -0.494 e. The number of fused-ring (bicyclic) bond motifs is 1. The van der Waals surface area contributed by atoms with Gasteiger partial charge in [0.25, 0.3) is 0 Å². The lowest BCUT2D eigenvalue weighted by atomic mass is 9.90. The average molecular weight is 371 g/mol. The van der Waals surface area contributed by atoms with Crippen LogP contribution in [0.5, 0.6) is 5.75 Å². The number of pyridine rings is 1. The number of anilines is 1. The molecule has 146 valence electrons. The summed E-state index contributed by atoms with van der Waals surface area (Å²) >= 11 is 0. The molecule has 0 amide bonds. The van der Waals surface area contributed by atoms with Crippen LogP contribution in [-0.2, 0) is 4.74 Å². The minimum atomic E-state index is -0.608. The third-order valence-corrected chi connectivity index (χ3v) is 5.79. The summed E-state index contributed by atoms with van der Waals surface area (Å²) in [6.07, 6.45) is 1.55. The molecular weight excluding hydrogens is 342 g/mol. The molecule has 6 nitrogen and oxygen atoms in total. The van der Waals surface area contributed by atoms with Gasteiger partial charge in [-0.3, -0.25) is 4.90 Å². The molecule has 2 aromatic rings. The minimum absolute atomic E-state index is 0.608. The van der Waals surface area contributed by atoms with Crippen molar-refractivity contribution in [3.8, 4) is 5.75 Å². The number of aryl methyl sites for hydroxylation is 1. The van der Waals surface area contributed by atoms with E-state index in [9.17, 15) is 5.11 Å². The lowest BCUT2D eigenvalue weighted by Gasteiger charge is -2.42. The van der Waals surface area contributed by atoms with Crippen LogP contribution in [0.15, 0.2) is 24.3 Å². The highest BCUT2D eigenvalue weighted by molar-refractivity contribution is 5.95. The predicted molar refractivity (Wildman–Crippen MR) is 107 cm³/mol. The summed E-state index contributed by atoms with van der Waals surface area (Å²) in [5.74, 6) is 0.804. The number of morpholine rings is 1. The smallest absolute Gasteiger partial charge is 0.145 e. The summed E-state index contributed by atoms with van der Waals surface area (Å²) in [4.78, 5) is 9.40. The highest BCUT2D eigenvalue weighted by atomic mass is 16.5. The van der Waals surface area contributed by atoms with E-state index < -0.39 is 5.60 Å². The van der Waals surface area contributed by atoms with Crippen LogP contribution in [0.1, 0.15) is 18.5 Å². The number of rotatable bonds is 4. The molecule has 3 heterocycles. The number of nitrogens with zero attached hydrogens (tertiary/aromatic N) is 3. The predicted octanol–water partition coefficient (Wildman–Crippen LogP) is 2.22. The molecule has 1 aromatic heterocycles. The Bertz CT molecular complexity index is 797. The van der Waals surface area contributed by atoms with E-state index in [1.165, 1.54) is 5.69 Å². The van der Waals surface area contributed by atoms with Crippen LogP contribution in [0, 0.1) is 6.92 Å². The average Bonchev–Trinajstić information content (AvgIpc) is 2.68. The molecule has 0 radical (unpaired) electrons. The lowest BCUT2D eigenvalue weighted by Crippen LogP contribution is -2.53. The highest BCUT2D eigenvalue weighted by Crippen LogP contribution is 2.35. The fraction of sp³-hybridized carbons (Fsp3) is 0.571. The summed E-state index contributed by atoms with van der Waals surface area (Å²) in [6, 6.07) is 8.22. The SMILES string of the molecule is COc1cccc2c(N3CCC(O)(CN4CCOCC4)CC3)cc(C)nc12. The number of methoxy groups -OCH3 is 1. The van der Waals surface area contributed by atoms with Crippen LogP contribution in [0.25, 0.3) is 10.9 Å². The second kappa shape index (κ2) is 7.62. The molecule has 6 heteroatoms. The van der Waals surface area contributed by atoms with Crippen LogP contribution >= 0.6 is 0 Å². The molecule has 4 rings (SSSR count). The molecule has 0 unspecified atom stereocenters. The van der Waals surface area contributed by atoms with Crippen LogP contribution in [-0.4, -0.2) is 73.6 Å². The number of hydrogen-bond donors (Lipinski definition) is 1. The number of para-hydroxylation sites is 1. The Morgan fingerprint density at radius 2 is 1.93 bits per heavy atom. The van der Waals surface area contributed by atoms with Gasteiger partial charge in [-0.1, -0.05) is 12.1 Å². The Balaban J connectivity index is 1.52. The van der Waals surface area contributed by atoms with Gasteiger partial charge in [0, 0.05) is 49.5 Å². The highest BCUT2D eigenvalue weighted by Gasteiger charge is 2.35. The molecule has 1 aromatic carbocycles. The van der Waals surface area contributed by atoms with E-state index in [1.54, 1.807) is 7.11 Å². The zero-order valence-electron chi connectivity index (χ0n) is 16.3. The first kappa shape index (κ1) is 18.5. The standard InChI is InChI=1S/C21H29N3O3/c1-16-14-18(17-4-3-5-19(26-2)20(17)22-16)24-8-6-21(25,7-9-24)15-23-10-12-27-13-11-23/h3-5,14,25H,6-13,15H2,1-2H3. The van der Waals surface area contributed by atoms with Crippen LogP contribution < -0.4 is 9.64 Å². The van der Waals surface area contributed by atoms with Gasteiger partial charge in [-0.15, -0.1) is 0 Å². The Hall–Kier alpha value is -1.89. The fourth-order valence-corrected chi connectivity index (χ4v) is 4.25. The van der Waals surface area contributed by atoms with Gasteiger partial charge in [-0.05, 0) is 31.9 Å². The molecule has 2 aliphatic heterocycles. The molecule has 0 aliphatic carbocycles. The van der Waals surface area contributed by atoms with Crippen LogP contribution in [0.4, 0.5) is 5.69 Å². The van der Waals surface area contributed by atoms with Crippen molar-refractivity contribution < 1.29 is 14.6 Å². The van der Waals surface area contributed by atoms with E-state index in [2.05, 4.69) is 26.9 Å². The quantitative estimate of drug-likeness (QED) is 0.889. The Kier molecular flexibility index (Phi) is 5.21. The second-order valence-electron chi connectivity index (χ2n) is 7.74. The fourth-order valence-electron chi connectivity index (χ4n) is 4.25. The molecule has 2 saturated heterocycles. The zero-order valence-corrected chi connectivity index (χ0v) is 16.3. The van der Waals surface area contributed by atoms with Gasteiger partial charge in [-0.25, -0.2) is 4.98 Å². The van der Waals surface area contributed by atoms with E-state index in [0.717, 1.165) is 81.1 Å². The summed E-state index contributed by atoms with van der Waals surface area (Å²) in [5, 5.41) is 12.2. The molecular formula is C21H29N3O3. The monoisotopic (exact) mass is 371 g/mol. The van der Waals surface area contributed by atoms with Gasteiger partial charge < -0.3 is 19.5 Å². The van der Waals surface area contributed by atoms with Crippen LogP contribution in [0.3, 0.4) is 0 Å². The van der Waals surface area contributed by atoms with Crippen molar-refractivity contribution >= 4 is 16.6 Å². The molecule has 2 fully saturated rings. The van der Waals surface area contributed by atoms with Crippen molar-refractivity contribution in [2.24, 2.45) is 0 Å². The number of piperidine rings is 1. The second-order valence-corrected chi connectivity index (χ2v) is 7.74. The molecule has 0 bridgehead atoms. The third-order valence-electron chi connectivity index (χ3n) is 5.79. The van der Waals surface area contributed by atoms with Crippen molar-refractivity contribution in [1.82, 2.24) is 9.88 Å². The summed E-state index contributed by atoms with van der Waals surface area (Å²) in [6.45, 7) is 7.83. The molecule has 0 spiro atoms. The summed E-state index contributed by atoms with van der Waals surface area (Å²) in [7, 11) is 1.69. The summed E-state index contributed by atoms with van der Waals surface area (Å²) in [5.41, 5.74) is 2.47. The summed E-state index contributed by atoms with van der Waals surface area (Å²) < 4.78 is 10.9. The van der Waals surface area contributed by atoms with Crippen molar-refractivity contribution in [3.63, 3.8) is 0 Å². The molecule has 0 atom stereocenters. The maximum absolute atomic E-state index is 11.1. The molecule has 27 heavy (non-hydrogen) atoms. The Labute approximate surface area is 160 Å². The number of hydrogen-bond acceptors (Lipinski definition) is 6. The third kappa shape index (κ3) is 3.88. The van der Waals surface area contributed by atoms with Gasteiger partial charge >= 0.3 is 0 Å². The molecule has 2 aliphatic rings. The van der Waals surface area contributed by atoms with Crippen LogP contribution in [0.2, 0.25) is 0 Å². The van der Waals surface area contributed by atoms with E-state index in [4.69, 9.17) is 9.47 Å². The number of aromatic nitrogens is 1. The Morgan fingerprint density at radius 1 is 1.19 bits per heavy atom. The molecule has 0 saturated carbocycles. The van der Waals surface area contributed by atoms with E-state index in [-0.39, 0.29) is 0 Å². The number of β-amino-alcohol motifs (C(OH)–C–C–N with tert-alkyl or cyclic N) is 1. The van der Waals surface area contributed by atoms with Crippen molar-refractivity contribution in [3.05, 3.63) is 30.0 Å². The lowest BCUT2D eigenvalue weighted by molar-refractivity contribution is -0.0440. The van der Waals surface area contributed by atoms with Gasteiger partial charge in [0.1, 0.15) is 11.3 Å². The first-order valence-corrected chi connectivity index (χ1v) is 9.80. The van der Waals surface area contributed by atoms with Gasteiger partial charge in [-0.2, -0.15) is 0 Å². The van der Waals surface area contributed by atoms with Gasteiger partial charge in [0.05, 0.1) is 25.9 Å². The molecule has 1 N–H and O–H groups in total. The van der Waals surface area contributed by atoms with E-state index in [1.807, 2.05) is 19.1 Å². The van der Waals surface area contributed by atoms with E-state index >= 15 is 0 Å². The zero-order chi connectivity index (χ0) is 18.9. The van der Waals surface area contributed by atoms with Gasteiger partial charge in [0.15, 0.2) is 0 Å².